The summed E-state index contributed by atoms with van der Waals surface area (Å²) >= 11 is 10.1. The number of carbonyl (C=O) groups is 1. The monoisotopic (exact) mass is 418 g/mol. The Labute approximate surface area is 159 Å². The van der Waals surface area contributed by atoms with E-state index in [9.17, 15) is 4.79 Å². The minimum Gasteiger partial charge on any atom is -0.367 e. The molecule has 0 radical (unpaired) electrons. The number of thiocarbonyl (C=S) groups is 1. The third-order valence-corrected chi connectivity index (χ3v) is 5.35. The zero-order valence-electron chi connectivity index (χ0n) is 13.0. The number of thioether (sulfide) groups is 1. The first-order valence-electron chi connectivity index (χ1n) is 7.34. The summed E-state index contributed by atoms with van der Waals surface area (Å²) in [6.07, 6.45) is 1.87. The molecule has 3 nitrogen and oxygen atoms in total. The molecule has 2 aromatic carbocycles. The molecule has 0 atom stereocenters. The fourth-order valence-corrected chi connectivity index (χ4v) is 3.98. The molecule has 0 saturated carbocycles. The number of rotatable bonds is 4. The highest BCUT2D eigenvalue weighted by Gasteiger charge is 2.31. The van der Waals surface area contributed by atoms with Gasteiger partial charge in [-0.25, -0.2) is 0 Å². The maximum absolute atomic E-state index is 12.6. The molecule has 1 saturated heterocycles. The SMILES string of the molecule is Cc1cccc(NCN2C(=O)C(=Cc3cccc(Br)c3)SC2=S)c1. The average Bonchev–Trinajstić information content (AvgIpc) is 2.79. The van der Waals surface area contributed by atoms with E-state index in [1.54, 1.807) is 4.90 Å². The van der Waals surface area contributed by atoms with Gasteiger partial charge in [-0.15, -0.1) is 0 Å². The van der Waals surface area contributed by atoms with E-state index < -0.39 is 0 Å². The Morgan fingerprint density at radius 2 is 2.04 bits per heavy atom. The number of carbonyl (C=O) groups excluding carboxylic acids is 1. The molecule has 1 N–H and O–H groups in total. The second-order valence-corrected chi connectivity index (χ2v) is 7.96. The minimum atomic E-state index is -0.0647. The summed E-state index contributed by atoms with van der Waals surface area (Å²) in [6, 6.07) is 15.8. The largest absolute Gasteiger partial charge is 0.367 e. The number of anilines is 1. The number of nitrogens with one attached hydrogen (secondary N) is 1. The van der Waals surface area contributed by atoms with Crippen molar-refractivity contribution in [3.8, 4) is 0 Å². The number of nitrogens with zero attached hydrogens (tertiary/aromatic N) is 1. The fraction of sp³-hybridized carbons (Fsp3) is 0.111. The van der Waals surface area contributed by atoms with Crippen LogP contribution in [-0.2, 0) is 4.79 Å². The van der Waals surface area contributed by atoms with Crippen molar-refractivity contribution in [1.29, 1.82) is 0 Å². The van der Waals surface area contributed by atoms with Crippen molar-refractivity contribution in [3.63, 3.8) is 0 Å². The van der Waals surface area contributed by atoms with Crippen LogP contribution in [0.3, 0.4) is 0 Å². The summed E-state index contributed by atoms with van der Waals surface area (Å²) in [7, 11) is 0. The molecule has 1 aliphatic rings. The van der Waals surface area contributed by atoms with Gasteiger partial charge in [-0.2, -0.15) is 0 Å². The van der Waals surface area contributed by atoms with Crippen molar-refractivity contribution in [2.45, 2.75) is 6.92 Å². The second kappa shape index (κ2) is 7.51. The molecule has 2 aromatic rings. The second-order valence-electron chi connectivity index (χ2n) is 5.37. The minimum absolute atomic E-state index is 0.0647. The van der Waals surface area contributed by atoms with Crippen molar-refractivity contribution >= 4 is 61.9 Å². The maximum atomic E-state index is 12.6. The standard InChI is InChI=1S/C18H15BrN2OS2/c1-12-4-2-7-15(8-12)20-11-21-17(22)16(24-18(21)23)10-13-5-3-6-14(19)9-13/h2-10,20H,11H2,1H3. The molecule has 1 fully saturated rings. The van der Waals surface area contributed by atoms with Crippen LogP contribution in [0.4, 0.5) is 5.69 Å². The number of aryl methyl sites for hydroxylation is 1. The summed E-state index contributed by atoms with van der Waals surface area (Å²) in [4.78, 5) is 14.8. The lowest BCUT2D eigenvalue weighted by atomic mass is 10.2. The van der Waals surface area contributed by atoms with Gasteiger partial charge in [-0.1, -0.05) is 64.2 Å². The van der Waals surface area contributed by atoms with E-state index in [4.69, 9.17) is 12.2 Å². The van der Waals surface area contributed by atoms with Gasteiger partial charge in [-0.05, 0) is 48.4 Å². The van der Waals surface area contributed by atoms with Gasteiger partial charge in [-0.3, -0.25) is 9.69 Å². The fourth-order valence-electron chi connectivity index (χ4n) is 2.31. The van der Waals surface area contributed by atoms with Crippen LogP contribution in [0.1, 0.15) is 11.1 Å². The average molecular weight is 419 g/mol. The maximum Gasteiger partial charge on any atom is 0.267 e. The van der Waals surface area contributed by atoms with Crippen LogP contribution in [0.5, 0.6) is 0 Å². The third kappa shape index (κ3) is 4.06. The number of halogens is 1. The van der Waals surface area contributed by atoms with Crippen LogP contribution in [0.25, 0.3) is 6.08 Å². The molecule has 1 aliphatic heterocycles. The molecular weight excluding hydrogens is 404 g/mol. The van der Waals surface area contributed by atoms with Gasteiger partial charge < -0.3 is 5.32 Å². The van der Waals surface area contributed by atoms with E-state index in [0.717, 1.165) is 15.7 Å². The Bertz CT molecular complexity index is 835. The van der Waals surface area contributed by atoms with E-state index in [1.807, 2.05) is 61.5 Å². The van der Waals surface area contributed by atoms with Crippen LogP contribution in [0.2, 0.25) is 0 Å². The molecule has 6 heteroatoms. The lowest BCUT2D eigenvalue weighted by molar-refractivity contribution is -0.121. The zero-order chi connectivity index (χ0) is 17.1. The van der Waals surface area contributed by atoms with E-state index in [1.165, 1.54) is 17.3 Å². The van der Waals surface area contributed by atoms with Gasteiger partial charge in [0.25, 0.3) is 5.91 Å². The highest BCUT2D eigenvalue weighted by atomic mass is 79.9. The predicted molar refractivity (Wildman–Crippen MR) is 109 cm³/mol. The molecule has 1 heterocycles. The summed E-state index contributed by atoms with van der Waals surface area (Å²) in [5, 5.41) is 3.25. The molecule has 122 valence electrons. The van der Waals surface area contributed by atoms with E-state index in [0.29, 0.717) is 15.9 Å². The summed E-state index contributed by atoms with van der Waals surface area (Å²) in [5.74, 6) is -0.0647. The zero-order valence-corrected chi connectivity index (χ0v) is 16.2. The first kappa shape index (κ1) is 17.2. The van der Waals surface area contributed by atoms with Crippen LogP contribution in [-0.4, -0.2) is 21.8 Å². The molecular formula is C18H15BrN2OS2. The topological polar surface area (TPSA) is 32.3 Å². The van der Waals surface area contributed by atoms with Crippen LogP contribution < -0.4 is 5.32 Å². The van der Waals surface area contributed by atoms with Crippen molar-refractivity contribution in [3.05, 3.63) is 69.0 Å². The Kier molecular flexibility index (Phi) is 5.38. The Hall–Kier alpha value is -1.63. The molecule has 3 rings (SSSR count). The van der Waals surface area contributed by atoms with Gasteiger partial charge in [0.15, 0.2) is 0 Å². The quantitative estimate of drug-likeness (QED) is 0.557. The van der Waals surface area contributed by atoms with Crippen molar-refractivity contribution in [2.24, 2.45) is 0 Å². The summed E-state index contributed by atoms with van der Waals surface area (Å²) in [6.45, 7) is 2.40. The van der Waals surface area contributed by atoms with Crippen molar-refractivity contribution in [1.82, 2.24) is 4.90 Å². The van der Waals surface area contributed by atoms with Crippen LogP contribution in [0, 0.1) is 6.92 Å². The smallest absolute Gasteiger partial charge is 0.267 e. The summed E-state index contributed by atoms with van der Waals surface area (Å²) < 4.78 is 1.55. The van der Waals surface area contributed by atoms with E-state index in [2.05, 4.69) is 21.2 Å². The molecule has 0 aromatic heterocycles. The molecule has 0 aliphatic carbocycles. The van der Waals surface area contributed by atoms with Crippen molar-refractivity contribution < 1.29 is 4.79 Å². The van der Waals surface area contributed by atoms with Gasteiger partial charge in [0.2, 0.25) is 0 Å². The highest BCUT2D eigenvalue weighted by molar-refractivity contribution is 9.10. The Morgan fingerprint density at radius 1 is 1.25 bits per heavy atom. The molecule has 0 unspecified atom stereocenters. The lowest BCUT2D eigenvalue weighted by Crippen LogP contribution is -2.33. The number of benzene rings is 2. The van der Waals surface area contributed by atoms with E-state index in [-0.39, 0.29) is 5.91 Å². The Morgan fingerprint density at radius 3 is 2.79 bits per heavy atom. The molecule has 1 amide bonds. The van der Waals surface area contributed by atoms with Crippen molar-refractivity contribution in [2.75, 3.05) is 12.0 Å². The van der Waals surface area contributed by atoms with Crippen LogP contribution in [0.15, 0.2) is 57.9 Å². The van der Waals surface area contributed by atoms with Gasteiger partial charge >= 0.3 is 0 Å². The van der Waals surface area contributed by atoms with Gasteiger partial charge in [0, 0.05) is 10.2 Å². The third-order valence-electron chi connectivity index (χ3n) is 3.48. The Balaban J connectivity index is 1.72. The van der Waals surface area contributed by atoms with Gasteiger partial charge in [0.05, 0.1) is 11.6 Å². The molecule has 0 spiro atoms. The number of hydrogen-bond donors (Lipinski definition) is 1. The first-order chi connectivity index (χ1) is 11.5. The predicted octanol–water partition coefficient (Wildman–Crippen LogP) is 5.03. The summed E-state index contributed by atoms with van der Waals surface area (Å²) in [5.41, 5.74) is 3.11. The highest BCUT2D eigenvalue weighted by Crippen LogP contribution is 2.32. The number of amides is 1. The van der Waals surface area contributed by atoms with E-state index >= 15 is 0 Å². The molecule has 0 bridgehead atoms. The van der Waals surface area contributed by atoms with Crippen LogP contribution >= 0.6 is 39.9 Å². The normalized spacial score (nSPS) is 16.1. The first-order valence-corrected chi connectivity index (χ1v) is 9.36. The molecule has 24 heavy (non-hydrogen) atoms. The number of hydrogen-bond acceptors (Lipinski definition) is 4. The van der Waals surface area contributed by atoms with Gasteiger partial charge in [0.1, 0.15) is 4.32 Å². The lowest BCUT2D eigenvalue weighted by Gasteiger charge is -2.16.